The van der Waals surface area contributed by atoms with Crippen LogP contribution in [0, 0.1) is 0 Å². The zero-order chi connectivity index (χ0) is 10.1. The summed E-state index contributed by atoms with van der Waals surface area (Å²) in [5.41, 5.74) is 0.138. The SMILES string of the molecule is CNc1c(Cl)cncc1S(=O)(=O)O. The number of nitrogens with one attached hydrogen (secondary N) is 1. The molecular formula is C6H7ClN2O3S. The first kappa shape index (κ1) is 10.2. The highest BCUT2D eigenvalue weighted by atomic mass is 35.5. The van der Waals surface area contributed by atoms with Crippen LogP contribution in [0.5, 0.6) is 0 Å². The van der Waals surface area contributed by atoms with E-state index in [4.69, 9.17) is 16.2 Å². The van der Waals surface area contributed by atoms with Gasteiger partial charge in [-0.1, -0.05) is 11.6 Å². The van der Waals surface area contributed by atoms with E-state index in [0.29, 0.717) is 0 Å². The lowest BCUT2D eigenvalue weighted by molar-refractivity contribution is 0.483. The van der Waals surface area contributed by atoms with E-state index in [1.807, 2.05) is 0 Å². The van der Waals surface area contributed by atoms with Crippen LogP contribution in [-0.2, 0) is 10.1 Å². The summed E-state index contributed by atoms with van der Waals surface area (Å²) in [6.45, 7) is 0. The number of anilines is 1. The minimum atomic E-state index is -4.28. The number of rotatable bonds is 2. The minimum Gasteiger partial charge on any atom is -0.386 e. The zero-order valence-electron chi connectivity index (χ0n) is 6.65. The monoisotopic (exact) mass is 222 g/mol. The highest BCUT2D eigenvalue weighted by molar-refractivity contribution is 7.86. The van der Waals surface area contributed by atoms with E-state index in [1.54, 1.807) is 0 Å². The van der Waals surface area contributed by atoms with Gasteiger partial charge in [-0.3, -0.25) is 9.54 Å². The maximum Gasteiger partial charge on any atom is 0.298 e. The van der Waals surface area contributed by atoms with Crippen molar-refractivity contribution in [1.29, 1.82) is 0 Å². The van der Waals surface area contributed by atoms with Crippen molar-refractivity contribution in [3.8, 4) is 0 Å². The van der Waals surface area contributed by atoms with Gasteiger partial charge in [0.05, 0.1) is 16.9 Å². The Morgan fingerprint density at radius 2 is 2.15 bits per heavy atom. The number of hydrogen-bond donors (Lipinski definition) is 2. The van der Waals surface area contributed by atoms with Crippen LogP contribution in [0.1, 0.15) is 0 Å². The van der Waals surface area contributed by atoms with E-state index in [9.17, 15) is 8.42 Å². The van der Waals surface area contributed by atoms with Gasteiger partial charge in [-0.15, -0.1) is 0 Å². The molecule has 0 aliphatic carbocycles. The average Bonchev–Trinajstić information content (AvgIpc) is 2.02. The van der Waals surface area contributed by atoms with Crippen molar-refractivity contribution in [1.82, 2.24) is 4.98 Å². The van der Waals surface area contributed by atoms with Crippen LogP contribution < -0.4 is 5.32 Å². The Balaban J connectivity index is 3.47. The van der Waals surface area contributed by atoms with Gasteiger partial charge in [0.1, 0.15) is 4.90 Å². The summed E-state index contributed by atoms with van der Waals surface area (Å²) in [6, 6.07) is 0. The van der Waals surface area contributed by atoms with Crippen LogP contribution in [0.2, 0.25) is 5.02 Å². The number of nitrogens with zero attached hydrogens (tertiary/aromatic N) is 1. The minimum absolute atomic E-state index is 0.137. The first-order chi connectivity index (χ1) is 5.96. The van der Waals surface area contributed by atoms with Crippen molar-refractivity contribution >= 4 is 27.4 Å². The second-order valence-corrected chi connectivity index (χ2v) is 4.02. The molecule has 2 N–H and O–H groups in total. The number of aromatic nitrogens is 1. The smallest absolute Gasteiger partial charge is 0.298 e. The normalized spacial score (nSPS) is 11.3. The highest BCUT2D eigenvalue weighted by Gasteiger charge is 2.17. The van der Waals surface area contributed by atoms with E-state index in [-0.39, 0.29) is 15.6 Å². The van der Waals surface area contributed by atoms with Gasteiger partial charge in [0.15, 0.2) is 0 Å². The fourth-order valence-electron chi connectivity index (χ4n) is 0.855. The molecule has 0 radical (unpaired) electrons. The van der Waals surface area contributed by atoms with Gasteiger partial charge in [0.2, 0.25) is 0 Å². The van der Waals surface area contributed by atoms with E-state index in [0.717, 1.165) is 6.20 Å². The van der Waals surface area contributed by atoms with Gasteiger partial charge in [-0.25, -0.2) is 0 Å². The van der Waals surface area contributed by atoms with E-state index in [2.05, 4.69) is 10.3 Å². The van der Waals surface area contributed by atoms with Crippen molar-refractivity contribution < 1.29 is 13.0 Å². The molecule has 0 saturated heterocycles. The topological polar surface area (TPSA) is 79.3 Å². The predicted molar refractivity (Wildman–Crippen MR) is 48.6 cm³/mol. The maximum absolute atomic E-state index is 10.8. The summed E-state index contributed by atoms with van der Waals surface area (Å²) >= 11 is 5.64. The summed E-state index contributed by atoms with van der Waals surface area (Å²) in [6.07, 6.45) is 2.30. The molecule has 0 unspecified atom stereocenters. The summed E-state index contributed by atoms with van der Waals surface area (Å²) in [5, 5.41) is 2.70. The number of pyridine rings is 1. The highest BCUT2D eigenvalue weighted by Crippen LogP contribution is 2.27. The van der Waals surface area contributed by atoms with Crippen LogP contribution in [0.4, 0.5) is 5.69 Å². The van der Waals surface area contributed by atoms with Crippen LogP contribution in [0.15, 0.2) is 17.3 Å². The molecule has 72 valence electrons. The molecule has 1 aromatic rings. The number of hydrogen-bond acceptors (Lipinski definition) is 4. The van der Waals surface area contributed by atoms with Crippen LogP contribution >= 0.6 is 11.6 Å². The maximum atomic E-state index is 10.8. The number of halogens is 1. The third-order valence-corrected chi connectivity index (χ3v) is 2.54. The molecule has 0 aromatic carbocycles. The fourth-order valence-corrected chi connectivity index (χ4v) is 1.83. The first-order valence-electron chi connectivity index (χ1n) is 3.25. The molecule has 0 atom stereocenters. The van der Waals surface area contributed by atoms with Crippen molar-refractivity contribution in [2.75, 3.05) is 12.4 Å². The lowest BCUT2D eigenvalue weighted by Gasteiger charge is -2.06. The Morgan fingerprint density at radius 3 is 2.54 bits per heavy atom. The Hall–Kier alpha value is -0.850. The summed E-state index contributed by atoms with van der Waals surface area (Å²) < 4.78 is 30.3. The molecule has 0 aliphatic rings. The molecule has 5 nitrogen and oxygen atoms in total. The predicted octanol–water partition coefficient (Wildman–Crippen LogP) is 1.02. The molecule has 0 spiro atoms. The summed E-state index contributed by atoms with van der Waals surface area (Å²) in [7, 11) is -2.78. The molecule has 13 heavy (non-hydrogen) atoms. The third kappa shape index (κ3) is 2.09. The second kappa shape index (κ2) is 3.49. The van der Waals surface area contributed by atoms with Crippen LogP contribution in [-0.4, -0.2) is 25.0 Å². The van der Waals surface area contributed by atoms with Crippen molar-refractivity contribution in [3.05, 3.63) is 17.4 Å². The molecule has 0 fully saturated rings. The average molecular weight is 223 g/mol. The molecule has 1 heterocycles. The van der Waals surface area contributed by atoms with Gasteiger partial charge < -0.3 is 5.32 Å². The van der Waals surface area contributed by atoms with E-state index >= 15 is 0 Å². The summed E-state index contributed by atoms with van der Waals surface area (Å²) in [4.78, 5) is 3.22. The first-order valence-corrected chi connectivity index (χ1v) is 5.07. The van der Waals surface area contributed by atoms with E-state index < -0.39 is 10.1 Å². The Kier molecular flexibility index (Phi) is 2.74. The van der Waals surface area contributed by atoms with Gasteiger partial charge >= 0.3 is 0 Å². The van der Waals surface area contributed by atoms with Crippen LogP contribution in [0.25, 0.3) is 0 Å². The molecule has 7 heteroatoms. The molecule has 1 aromatic heterocycles. The second-order valence-electron chi connectivity index (χ2n) is 2.22. The quantitative estimate of drug-likeness (QED) is 0.731. The van der Waals surface area contributed by atoms with Crippen molar-refractivity contribution in [3.63, 3.8) is 0 Å². The fraction of sp³-hybridized carbons (Fsp3) is 0.167. The van der Waals surface area contributed by atoms with Gasteiger partial charge in [0.25, 0.3) is 10.1 Å². The molecular weight excluding hydrogens is 216 g/mol. The molecule has 0 amide bonds. The zero-order valence-corrected chi connectivity index (χ0v) is 8.22. The molecule has 0 bridgehead atoms. The van der Waals surface area contributed by atoms with Gasteiger partial charge in [-0.2, -0.15) is 8.42 Å². The standard InChI is InChI=1S/C6H7ClN2O3S/c1-8-6-4(7)2-9-3-5(6)13(10,11)12/h2-3H,1H3,(H,8,9)(H,10,11,12). The Labute approximate surface area is 80.5 Å². The van der Waals surface area contributed by atoms with Crippen LogP contribution in [0.3, 0.4) is 0 Å². The summed E-state index contributed by atoms with van der Waals surface area (Å²) in [5.74, 6) is 0. The lowest BCUT2D eigenvalue weighted by atomic mass is 10.4. The largest absolute Gasteiger partial charge is 0.386 e. The van der Waals surface area contributed by atoms with Crippen molar-refractivity contribution in [2.45, 2.75) is 4.90 Å². The van der Waals surface area contributed by atoms with Gasteiger partial charge in [0, 0.05) is 13.2 Å². The van der Waals surface area contributed by atoms with E-state index in [1.165, 1.54) is 13.2 Å². The Morgan fingerprint density at radius 1 is 1.54 bits per heavy atom. The molecule has 1 rings (SSSR count). The molecule has 0 aliphatic heterocycles. The van der Waals surface area contributed by atoms with Gasteiger partial charge in [-0.05, 0) is 0 Å². The Bertz CT molecular complexity index is 418. The van der Waals surface area contributed by atoms with Crippen molar-refractivity contribution in [2.24, 2.45) is 0 Å². The molecule has 0 saturated carbocycles. The lowest BCUT2D eigenvalue weighted by Crippen LogP contribution is -2.04. The third-order valence-electron chi connectivity index (χ3n) is 1.39.